The van der Waals surface area contributed by atoms with E-state index in [2.05, 4.69) is 4.90 Å². The van der Waals surface area contributed by atoms with E-state index in [0.29, 0.717) is 0 Å². The second-order valence-electron chi connectivity index (χ2n) is 4.60. The first kappa shape index (κ1) is 10.4. The van der Waals surface area contributed by atoms with Crippen molar-refractivity contribution >= 4 is 0 Å². The number of hydrogen-bond donors (Lipinski definition) is 1. The number of likely N-dealkylation sites (tertiary alicyclic amines) is 1. The molecular weight excluding hydrogens is 180 g/mol. The van der Waals surface area contributed by atoms with Crippen LogP contribution in [0, 0.1) is 0 Å². The van der Waals surface area contributed by atoms with E-state index in [4.69, 9.17) is 15.2 Å². The van der Waals surface area contributed by atoms with Crippen LogP contribution in [0.25, 0.3) is 0 Å². The van der Waals surface area contributed by atoms with E-state index in [1.54, 1.807) is 14.2 Å². The van der Waals surface area contributed by atoms with Gasteiger partial charge in [0.2, 0.25) is 0 Å². The Morgan fingerprint density at radius 2 is 1.71 bits per heavy atom. The number of ether oxygens (including phenoxy) is 2. The van der Waals surface area contributed by atoms with Crippen molar-refractivity contribution in [1.29, 1.82) is 0 Å². The Balaban J connectivity index is 1.85. The summed E-state index contributed by atoms with van der Waals surface area (Å²) in [4.78, 5) is 2.36. The lowest BCUT2D eigenvalue weighted by Gasteiger charge is -2.19. The average molecular weight is 200 g/mol. The summed E-state index contributed by atoms with van der Waals surface area (Å²) in [5.41, 5.74) is 6.18. The van der Waals surface area contributed by atoms with Gasteiger partial charge in [-0.1, -0.05) is 0 Å². The van der Waals surface area contributed by atoms with Crippen molar-refractivity contribution < 1.29 is 9.47 Å². The van der Waals surface area contributed by atoms with Crippen molar-refractivity contribution in [2.45, 2.75) is 30.6 Å². The van der Waals surface area contributed by atoms with Gasteiger partial charge in [-0.15, -0.1) is 0 Å². The zero-order valence-corrected chi connectivity index (χ0v) is 9.03. The minimum atomic E-state index is 0.0981. The standard InChI is InChI=1S/C10H20N2O2/c1-13-8-5-12(6-9(8)14-2)7-10(11)3-4-10/h8-9H,3-7,11H2,1-2H3. The lowest BCUT2D eigenvalue weighted by Crippen LogP contribution is -2.38. The largest absolute Gasteiger partial charge is 0.377 e. The fraction of sp³-hybridized carbons (Fsp3) is 1.00. The van der Waals surface area contributed by atoms with Crippen LogP contribution in [0.3, 0.4) is 0 Å². The fourth-order valence-electron chi connectivity index (χ4n) is 2.16. The molecule has 2 rings (SSSR count). The molecule has 4 nitrogen and oxygen atoms in total. The Labute approximate surface area is 85.3 Å². The van der Waals surface area contributed by atoms with Gasteiger partial charge in [0.15, 0.2) is 0 Å². The van der Waals surface area contributed by atoms with Gasteiger partial charge in [-0.25, -0.2) is 0 Å². The summed E-state index contributed by atoms with van der Waals surface area (Å²) in [5.74, 6) is 0. The van der Waals surface area contributed by atoms with E-state index in [-0.39, 0.29) is 17.7 Å². The molecule has 2 aliphatic rings. The molecular formula is C10H20N2O2. The Kier molecular flexibility index (Phi) is 2.79. The molecule has 2 atom stereocenters. The number of hydrogen-bond acceptors (Lipinski definition) is 4. The predicted molar refractivity (Wildman–Crippen MR) is 54.2 cm³/mol. The fourth-order valence-corrected chi connectivity index (χ4v) is 2.16. The second kappa shape index (κ2) is 3.77. The molecule has 1 aliphatic carbocycles. The molecule has 0 amide bonds. The molecule has 2 unspecified atom stereocenters. The molecule has 14 heavy (non-hydrogen) atoms. The van der Waals surface area contributed by atoms with Gasteiger partial charge in [0.1, 0.15) is 0 Å². The maximum Gasteiger partial charge on any atom is 0.0971 e. The Bertz CT molecular complexity index is 194. The van der Waals surface area contributed by atoms with Crippen LogP contribution in [-0.2, 0) is 9.47 Å². The van der Waals surface area contributed by atoms with Gasteiger partial charge in [-0.2, -0.15) is 0 Å². The minimum Gasteiger partial charge on any atom is -0.377 e. The molecule has 0 radical (unpaired) electrons. The van der Waals surface area contributed by atoms with Crippen molar-refractivity contribution in [1.82, 2.24) is 4.90 Å². The molecule has 1 saturated heterocycles. The predicted octanol–water partition coefficient (Wildman–Crippen LogP) is -0.177. The molecule has 0 spiro atoms. The summed E-state index contributed by atoms with van der Waals surface area (Å²) in [6.45, 7) is 2.90. The Hall–Kier alpha value is -0.160. The molecule has 4 heteroatoms. The maximum absolute atomic E-state index is 6.08. The zero-order valence-electron chi connectivity index (χ0n) is 9.03. The van der Waals surface area contributed by atoms with Crippen LogP contribution in [0.5, 0.6) is 0 Å². The zero-order chi connectivity index (χ0) is 10.2. The van der Waals surface area contributed by atoms with E-state index < -0.39 is 0 Å². The van der Waals surface area contributed by atoms with E-state index in [0.717, 1.165) is 19.6 Å². The summed E-state index contributed by atoms with van der Waals surface area (Å²) in [5, 5.41) is 0. The molecule has 82 valence electrons. The van der Waals surface area contributed by atoms with E-state index in [9.17, 15) is 0 Å². The monoisotopic (exact) mass is 200 g/mol. The SMILES string of the molecule is COC1CN(CC2(N)CC2)CC1OC. The Morgan fingerprint density at radius 1 is 1.21 bits per heavy atom. The van der Waals surface area contributed by atoms with Gasteiger partial charge < -0.3 is 15.2 Å². The summed E-state index contributed by atoms with van der Waals surface area (Å²) < 4.78 is 10.7. The second-order valence-corrected chi connectivity index (χ2v) is 4.60. The maximum atomic E-state index is 6.08. The Morgan fingerprint density at radius 3 is 2.07 bits per heavy atom. The molecule has 1 heterocycles. The van der Waals surface area contributed by atoms with Crippen molar-refractivity contribution in [2.24, 2.45) is 5.73 Å². The van der Waals surface area contributed by atoms with E-state index in [1.165, 1.54) is 12.8 Å². The normalized spacial score (nSPS) is 36.2. The number of rotatable bonds is 4. The van der Waals surface area contributed by atoms with Crippen molar-refractivity contribution in [3.8, 4) is 0 Å². The van der Waals surface area contributed by atoms with Crippen LogP contribution < -0.4 is 5.73 Å². The highest BCUT2D eigenvalue weighted by Gasteiger charge is 2.43. The van der Waals surface area contributed by atoms with Gasteiger partial charge in [0.25, 0.3) is 0 Å². The van der Waals surface area contributed by atoms with E-state index in [1.807, 2.05) is 0 Å². The quantitative estimate of drug-likeness (QED) is 0.684. The van der Waals surface area contributed by atoms with Crippen LogP contribution in [0.4, 0.5) is 0 Å². The van der Waals surface area contributed by atoms with Gasteiger partial charge in [-0.3, -0.25) is 4.90 Å². The summed E-state index contributed by atoms with van der Waals surface area (Å²) in [6, 6.07) is 0. The van der Waals surface area contributed by atoms with Gasteiger partial charge in [0.05, 0.1) is 12.2 Å². The van der Waals surface area contributed by atoms with Crippen LogP contribution in [0.1, 0.15) is 12.8 Å². The van der Waals surface area contributed by atoms with Crippen molar-refractivity contribution in [2.75, 3.05) is 33.9 Å². The molecule has 0 aromatic rings. The molecule has 0 aromatic carbocycles. The van der Waals surface area contributed by atoms with E-state index >= 15 is 0 Å². The molecule has 2 N–H and O–H groups in total. The van der Waals surface area contributed by atoms with Gasteiger partial charge >= 0.3 is 0 Å². The van der Waals surface area contributed by atoms with Crippen LogP contribution in [0.15, 0.2) is 0 Å². The van der Waals surface area contributed by atoms with Crippen molar-refractivity contribution in [3.05, 3.63) is 0 Å². The van der Waals surface area contributed by atoms with Crippen LogP contribution in [-0.4, -0.2) is 56.5 Å². The molecule has 2 fully saturated rings. The smallest absolute Gasteiger partial charge is 0.0971 e. The lowest BCUT2D eigenvalue weighted by molar-refractivity contribution is -0.00461. The molecule has 0 bridgehead atoms. The third-order valence-corrected chi connectivity index (χ3v) is 3.33. The topological polar surface area (TPSA) is 47.7 Å². The number of methoxy groups -OCH3 is 2. The lowest BCUT2D eigenvalue weighted by atomic mass is 10.3. The molecule has 0 aromatic heterocycles. The molecule has 1 aliphatic heterocycles. The highest BCUT2D eigenvalue weighted by molar-refractivity contribution is 5.03. The average Bonchev–Trinajstić information content (AvgIpc) is 2.76. The summed E-state index contributed by atoms with van der Waals surface area (Å²) in [6.07, 6.45) is 2.75. The van der Waals surface area contributed by atoms with Gasteiger partial charge in [0, 0.05) is 39.4 Å². The molecule has 1 saturated carbocycles. The first-order valence-electron chi connectivity index (χ1n) is 5.24. The third-order valence-electron chi connectivity index (χ3n) is 3.33. The summed E-state index contributed by atoms with van der Waals surface area (Å²) >= 11 is 0. The van der Waals surface area contributed by atoms with Crippen LogP contribution in [0.2, 0.25) is 0 Å². The minimum absolute atomic E-state index is 0.0981. The first-order valence-corrected chi connectivity index (χ1v) is 5.24. The third kappa shape index (κ3) is 2.08. The van der Waals surface area contributed by atoms with Crippen LogP contribution >= 0.6 is 0 Å². The summed E-state index contributed by atoms with van der Waals surface area (Å²) in [7, 11) is 3.49. The highest BCUT2D eigenvalue weighted by atomic mass is 16.5. The number of nitrogens with zero attached hydrogens (tertiary/aromatic N) is 1. The highest BCUT2D eigenvalue weighted by Crippen LogP contribution is 2.34. The first-order chi connectivity index (χ1) is 6.67. The van der Waals surface area contributed by atoms with Gasteiger partial charge in [-0.05, 0) is 12.8 Å². The number of nitrogens with two attached hydrogens (primary N) is 1. The van der Waals surface area contributed by atoms with Crippen molar-refractivity contribution in [3.63, 3.8) is 0 Å².